The molecule has 1 rings (SSSR count). The van der Waals surface area contributed by atoms with E-state index in [4.69, 9.17) is 11.6 Å². The van der Waals surface area contributed by atoms with E-state index < -0.39 is 0 Å². The number of hydrogen-bond donors (Lipinski definition) is 1. The molecule has 0 saturated heterocycles. The van der Waals surface area contributed by atoms with Gasteiger partial charge in [-0.15, -0.1) is 11.6 Å². The van der Waals surface area contributed by atoms with Gasteiger partial charge in [0.1, 0.15) is 5.88 Å². The summed E-state index contributed by atoms with van der Waals surface area (Å²) < 4.78 is 0. The Morgan fingerprint density at radius 1 is 1.53 bits per heavy atom. The lowest BCUT2D eigenvalue weighted by Crippen LogP contribution is -2.37. The van der Waals surface area contributed by atoms with Crippen LogP contribution in [0.2, 0.25) is 0 Å². The second-order valence-electron chi connectivity index (χ2n) is 3.88. The molecule has 0 fully saturated rings. The SMILES string of the molecule is CC(C)(CNC(=O)CCl)c1cnccn1. The molecule has 0 unspecified atom stereocenters. The maximum absolute atomic E-state index is 11.0. The minimum absolute atomic E-state index is 0.0173. The van der Waals surface area contributed by atoms with Gasteiger partial charge in [0.25, 0.3) is 0 Å². The fourth-order valence-corrected chi connectivity index (χ4v) is 1.20. The monoisotopic (exact) mass is 227 g/mol. The average Bonchev–Trinajstić information content (AvgIpc) is 2.27. The first kappa shape index (κ1) is 11.9. The van der Waals surface area contributed by atoms with Crippen LogP contribution in [-0.4, -0.2) is 28.3 Å². The van der Waals surface area contributed by atoms with Gasteiger partial charge in [0.05, 0.1) is 5.69 Å². The smallest absolute Gasteiger partial charge is 0.234 e. The van der Waals surface area contributed by atoms with Gasteiger partial charge in [-0.2, -0.15) is 0 Å². The Balaban J connectivity index is 2.63. The van der Waals surface area contributed by atoms with Crippen LogP contribution in [0.5, 0.6) is 0 Å². The minimum Gasteiger partial charge on any atom is -0.354 e. The van der Waals surface area contributed by atoms with E-state index in [9.17, 15) is 4.79 Å². The summed E-state index contributed by atoms with van der Waals surface area (Å²) in [7, 11) is 0. The van der Waals surface area contributed by atoms with E-state index in [1.165, 1.54) is 0 Å². The highest BCUT2D eigenvalue weighted by Crippen LogP contribution is 2.18. The van der Waals surface area contributed by atoms with E-state index >= 15 is 0 Å². The number of rotatable bonds is 4. The number of carbonyl (C=O) groups is 1. The summed E-state index contributed by atoms with van der Waals surface area (Å²) >= 11 is 5.39. The van der Waals surface area contributed by atoms with Crippen molar-refractivity contribution in [3.63, 3.8) is 0 Å². The molecule has 0 atom stereocenters. The number of carbonyl (C=O) groups excluding carboxylic acids is 1. The Kier molecular flexibility index (Phi) is 4.03. The Hall–Kier alpha value is -1.16. The van der Waals surface area contributed by atoms with Gasteiger partial charge >= 0.3 is 0 Å². The lowest BCUT2D eigenvalue weighted by Gasteiger charge is -2.23. The van der Waals surface area contributed by atoms with E-state index in [0.717, 1.165) is 5.69 Å². The Labute approximate surface area is 94.1 Å². The molecule has 1 N–H and O–H groups in total. The molecule has 4 nitrogen and oxygen atoms in total. The van der Waals surface area contributed by atoms with Crippen LogP contribution in [0, 0.1) is 0 Å². The van der Waals surface area contributed by atoms with E-state index in [-0.39, 0.29) is 17.2 Å². The predicted octanol–water partition coefficient (Wildman–Crippen LogP) is 1.11. The van der Waals surface area contributed by atoms with Crippen LogP contribution in [0.15, 0.2) is 18.6 Å². The van der Waals surface area contributed by atoms with Gasteiger partial charge in [-0.05, 0) is 0 Å². The van der Waals surface area contributed by atoms with E-state index in [1.54, 1.807) is 18.6 Å². The molecule has 1 heterocycles. The summed E-state index contributed by atoms with van der Waals surface area (Å²) in [5.74, 6) is -0.190. The minimum atomic E-state index is -0.240. The third-order valence-corrected chi connectivity index (χ3v) is 2.35. The van der Waals surface area contributed by atoms with Crippen molar-refractivity contribution in [2.75, 3.05) is 12.4 Å². The second-order valence-corrected chi connectivity index (χ2v) is 4.15. The number of alkyl halides is 1. The van der Waals surface area contributed by atoms with Crippen molar-refractivity contribution in [1.82, 2.24) is 15.3 Å². The normalized spacial score (nSPS) is 11.1. The molecule has 0 bridgehead atoms. The molecule has 0 aliphatic heterocycles. The van der Waals surface area contributed by atoms with Gasteiger partial charge in [0, 0.05) is 30.6 Å². The number of hydrogen-bond acceptors (Lipinski definition) is 3. The molecule has 1 aromatic heterocycles. The summed E-state index contributed by atoms with van der Waals surface area (Å²) in [5.41, 5.74) is 0.607. The quantitative estimate of drug-likeness (QED) is 0.784. The highest BCUT2D eigenvalue weighted by atomic mass is 35.5. The van der Waals surface area contributed by atoms with Crippen LogP contribution < -0.4 is 5.32 Å². The van der Waals surface area contributed by atoms with Crippen LogP contribution in [0.3, 0.4) is 0 Å². The lowest BCUT2D eigenvalue weighted by molar-refractivity contribution is -0.118. The summed E-state index contributed by atoms with van der Waals surface area (Å²) in [5, 5.41) is 2.73. The van der Waals surface area contributed by atoms with Crippen molar-refractivity contribution >= 4 is 17.5 Å². The van der Waals surface area contributed by atoms with Crippen LogP contribution >= 0.6 is 11.6 Å². The maximum Gasteiger partial charge on any atom is 0.234 e. The zero-order valence-electron chi connectivity index (χ0n) is 8.83. The summed E-state index contributed by atoms with van der Waals surface area (Å²) in [4.78, 5) is 19.2. The Bertz CT molecular complexity index is 327. The van der Waals surface area contributed by atoms with Crippen molar-refractivity contribution in [3.8, 4) is 0 Å². The topological polar surface area (TPSA) is 54.9 Å². The molecular formula is C10H14ClN3O. The highest BCUT2D eigenvalue weighted by Gasteiger charge is 2.22. The third kappa shape index (κ3) is 3.47. The number of amides is 1. The molecule has 0 radical (unpaired) electrons. The number of aromatic nitrogens is 2. The van der Waals surface area contributed by atoms with Crippen LogP contribution in [0.4, 0.5) is 0 Å². The average molecular weight is 228 g/mol. The first-order valence-corrected chi connectivity index (χ1v) is 5.19. The van der Waals surface area contributed by atoms with Crippen molar-refractivity contribution in [2.24, 2.45) is 0 Å². The van der Waals surface area contributed by atoms with Gasteiger partial charge in [0.15, 0.2) is 0 Å². The predicted molar refractivity (Wildman–Crippen MR) is 58.8 cm³/mol. The second kappa shape index (κ2) is 5.07. The van der Waals surface area contributed by atoms with Gasteiger partial charge in [-0.1, -0.05) is 13.8 Å². The summed E-state index contributed by atoms with van der Waals surface area (Å²) in [6.07, 6.45) is 4.96. The molecule has 0 aromatic carbocycles. The largest absolute Gasteiger partial charge is 0.354 e. The first-order chi connectivity index (χ1) is 7.06. The third-order valence-electron chi connectivity index (χ3n) is 2.11. The van der Waals surface area contributed by atoms with Gasteiger partial charge < -0.3 is 5.32 Å². The molecular weight excluding hydrogens is 214 g/mol. The number of nitrogens with zero attached hydrogens (tertiary/aromatic N) is 2. The van der Waals surface area contributed by atoms with Crippen LogP contribution in [0.25, 0.3) is 0 Å². The van der Waals surface area contributed by atoms with E-state index in [0.29, 0.717) is 6.54 Å². The zero-order valence-corrected chi connectivity index (χ0v) is 9.58. The molecule has 0 aliphatic carbocycles. The number of halogens is 1. The van der Waals surface area contributed by atoms with Gasteiger partial charge in [-0.3, -0.25) is 14.8 Å². The first-order valence-electron chi connectivity index (χ1n) is 4.65. The van der Waals surface area contributed by atoms with E-state index in [2.05, 4.69) is 15.3 Å². The fourth-order valence-electron chi connectivity index (χ4n) is 1.11. The molecule has 5 heteroatoms. The molecule has 0 aliphatic rings. The van der Waals surface area contributed by atoms with Gasteiger partial charge in [-0.25, -0.2) is 0 Å². The van der Waals surface area contributed by atoms with Crippen LogP contribution in [0.1, 0.15) is 19.5 Å². The maximum atomic E-state index is 11.0. The molecule has 0 spiro atoms. The molecule has 0 saturated carbocycles. The van der Waals surface area contributed by atoms with Crippen molar-refractivity contribution in [1.29, 1.82) is 0 Å². The van der Waals surface area contributed by atoms with Gasteiger partial charge in [0.2, 0.25) is 5.91 Å². The molecule has 15 heavy (non-hydrogen) atoms. The van der Waals surface area contributed by atoms with Crippen LogP contribution in [-0.2, 0) is 10.2 Å². The lowest BCUT2D eigenvalue weighted by atomic mass is 9.89. The molecule has 1 aromatic rings. The molecule has 1 amide bonds. The molecule has 82 valence electrons. The summed E-state index contributed by atoms with van der Waals surface area (Å²) in [6.45, 7) is 4.48. The summed E-state index contributed by atoms with van der Waals surface area (Å²) in [6, 6.07) is 0. The standard InChI is InChI=1S/C10H14ClN3O/c1-10(2,7-14-9(15)5-11)8-6-12-3-4-13-8/h3-4,6H,5,7H2,1-2H3,(H,14,15). The fraction of sp³-hybridized carbons (Fsp3) is 0.500. The van der Waals surface area contributed by atoms with Crippen molar-refractivity contribution in [2.45, 2.75) is 19.3 Å². The van der Waals surface area contributed by atoms with Crippen molar-refractivity contribution < 1.29 is 4.79 Å². The highest BCUT2D eigenvalue weighted by molar-refractivity contribution is 6.27. The Morgan fingerprint density at radius 2 is 2.27 bits per heavy atom. The number of nitrogens with one attached hydrogen (secondary N) is 1. The Morgan fingerprint density at radius 3 is 2.80 bits per heavy atom. The zero-order chi connectivity index (χ0) is 11.3. The van der Waals surface area contributed by atoms with E-state index in [1.807, 2.05) is 13.8 Å². The van der Waals surface area contributed by atoms with Crippen molar-refractivity contribution in [3.05, 3.63) is 24.3 Å².